The van der Waals surface area contributed by atoms with E-state index in [0.29, 0.717) is 18.0 Å². The molecule has 0 aromatic heterocycles. The molecule has 1 atom stereocenters. The summed E-state index contributed by atoms with van der Waals surface area (Å²) in [4.78, 5) is 23.2. The molecule has 2 aromatic rings. The lowest BCUT2D eigenvalue weighted by Gasteiger charge is -2.18. The van der Waals surface area contributed by atoms with E-state index in [1.165, 1.54) is 19.1 Å². The summed E-state index contributed by atoms with van der Waals surface area (Å²) < 4.78 is 34.1. The first-order chi connectivity index (χ1) is 16.3. The summed E-state index contributed by atoms with van der Waals surface area (Å²) in [7, 11) is -4.05. The van der Waals surface area contributed by atoms with Crippen LogP contribution in [0.1, 0.15) is 34.0 Å². The quantitative estimate of drug-likeness (QED) is 0.195. The van der Waals surface area contributed by atoms with Crippen molar-refractivity contribution >= 4 is 33.5 Å². The highest BCUT2D eigenvalue weighted by atomic mass is 35.5. The monoisotopic (exact) mass is 527 g/mol. The topological polar surface area (TPSA) is 157 Å². The van der Waals surface area contributed by atoms with Gasteiger partial charge in [0.05, 0.1) is 5.02 Å². The van der Waals surface area contributed by atoms with Crippen molar-refractivity contribution in [2.75, 3.05) is 26.2 Å². The number of carbonyl (C=O) groups is 2. The van der Waals surface area contributed by atoms with Gasteiger partial charge in [-0.2, -0.15) is 0 Å². The molecule has 0 aliphatic carbocycles. The van der Waals surface area contributed by atoms with E-state index in [1.54, 1.807) is 6.07 Å². The van der Waals surface area contributed by atoms with Crippen LogP contribution in [0.3, 0.4) is 0 Å². The minimum atomic E-state index is -4.05. The number of hydrogen-bond donors (Lipinski definition) is 4. The van der Waals surface area contributed by atoms with Crippen molar-refractivity contribution in [3.63, 3.8) is 0 Å². The smallest absolute Gasteiger partial charge is 0.308 e. The molecule has 0 heterocycles. The Labute approximate surface area is 209 Å². The van der Waals surface area contributed by atoms with Crippen LogP contribution in [0.5, 0.6) is 11.5 Å². The van der Waals surface area contributed by atoms with Gasteiger partial charge >= 0.3 is 5.97 Å². The molecule has 2 rings (SSSR count). The van der Waals surface area contributed by atoms with Gasteiger partial charge in [-0.25, -0.2) is 13.6 Å². The number of nitrogens with two attached hydrogens (primary N) is 1. The van der Waals surface area contributed by atoms with Crippen molar-refractivity contribution < 1.29 is 32.6 Å². The Kier molecular flexibility index (Phi) is 10.0. The van der Waals surface area contributed by atoms with Crippen molar-refractivity contribution in [3.05, 3.63) is 51.5 Å². The Morgan fingerprint density at radius 1 is 1.14 bits per heavy atom. The number of aryl methyl sites for hydroxylation is 1. The zero-order chi connectivity index (χ0) is 26.3. The Bertz CT molecular complexity index is 1200. The van der Waals surface area contributed by atoms with Gasteiger partial charge in [0, 0.05) is 32.1 Å². The van der Waals surface area contributed by atoms with Crippen LogP contribution in [-0.2, 0) is 14.8 Å². The van der Waals surface area contributed by atoms with Crippen LogP contribution in [0.25, 0.3) is 0 Å². The molecule has 0 saturated carbocycles. The predicted molar refractivity (Wildman–Crippen MR) is 131 cm³/mol. The third kappa shape index (κ3) is 8.18. The number of sulfonamides is 1. The largest absolute Gasteiger partial charge is 0.491 e. The first-order valence-electron chi connectivity index (χ1n) is 10.7. The second-order valence-electron chi connectivity index (χ2n) is 7.98. The summed E-state index contributed by atoms with van der Waals surface area (Å²) in [6.07, 6.45) is -0.813. The Hall–Kier alpha value is -2.70. The van der Waals surface area contributed by atoms with Gasteiger partial charge in [0.15, 0.2) is 0 Å². The van der Waals surface area contributed by atoms with Crippen LogP contribution in [-0.4, -0.2) is 57.7 Å². The highest BCUT2D eigenvalue weighted by Crippen LogP contribution is 2.33. The number of rotatable bonds is 11. The molecular formula is C23H30ClN3O7S. The predicted octanol–water partition coefficient (Wildman–Crippen LogP) is 1.60. The zero-order valence-corrected chi connectivity index (χ0v) is 21.5. The lowest BCUT2D eigenvalue weighted by molar-refractivity contribution is -0.132. The van der Waals surface area contributed by atoms with E-state index >= 15 is 0 Å². The van der Waals surface area contributed by atoms with Crippen molar-refractivity contribution in [1.29, 1.82) is 0 Å². The maximum absolute atomic E-state index is 12.2. The lowest BCUT2D eigenvalue weighted by Crippen LogP contribution is -2.37. The number of hydrogen-bond acceptors (Lipinski definition) is 8. The van der Waals surface area contributed by atoms with Gasteiger partial charge in [-0.3, -0.25) is 9.59 Å². The summed E-state index contributed by atoms with van der Waals surface area (Å²) in [5, 5.41) is 20.9. The molecule has 0 aliphatic heterocycles. The summed E-state index contributed by atoms with van der Waals surface area (Å²) in [6, 6.07) is 5.56. The molecule has 1 unspecified atom stereocenters. The molecule has 12 heteroatoms. The Morgan fingerprint density at radius 2 is 1.83 bits per heavy atom. The highest BCUT2D eigenvalue weighted by molar-refractivity contribution is 7.89. The van der Waals surface area contributed by atoms with Gasteiger partial charge in [-0.1, -0.05) is 11.6 Å². The summed E-state index contributed by atoms with van der Waals surface area (Å²) in [6.45, 7) is 7.67. The van der Waals surface area contributed by atoms with Crippen LogP contribution in [0.2, 0.25) is 5.02 Å². The van der Waals surface area contributed by atoms with Crippen LogP contribution in [0.15, 0.2) is 29.2 Å². The number of aliphatic hydroxyl groups is 1. The molecule has 0 radical (unpaired) electrons. The summed E-state index contributed by atoms with van der Waals surface area (Å²) >= 11 is 5.82. The van der Waals surface area contributed by atoms with Gasteiger partial charge in [0.25, 0.3) is 5.91 Å². The fraction of sp³-hybridized carbons (Fsp3) is 0.391. The van der Waals surface area contributed by atoms with Gasteiger partial charge in [-0.05, 0) is 61.7 Å². The molecule has 35 heavy (non-hydrogen) atoms. The summed E-state index contributed by atoms with van der Waals surface area (Å²) in [5.41, 5.74) is 2.45. The number of ether oxygens (including phenoxy) is 2. The van der Waals surface area contributed by atoms with E-state index < -0.39 is 28.0 Å². The molecule has 2 aromatic carbocycles. The van der Waals surface area contributed by atoms with Crippen molar-refractivity contribution in [1.82, 2.24) is 10.6 Å². The normalized spacial score (nSPS) is 12.2. The SMILES string of the molecule is CC(=O)Oc1c(C)cc(OCC(O)CNCCNC(=O)c2ccc(Cl)c(S(N)(=O)=O)c2)c(C)c1C. The van der Waals surface area contributed by atoms with Gasteiger partial charge in [-0.15, -0.1) is 0 Å². The summed E-state index contributed by atoms with van der Waals surface area (Å²) in [5.74, 6) is 0.203. The van der Waals surface area contributed by atoms with Gasteiger partial charge < -0.3 is 25.2 Å². The first kappa shape index (κ1) is 28.5. The van der Waals surface area contributed by atoms with E-state index in [2.05, 4.69) is 10.6 Å². The number of primary sulfonamides is 1. The fourth-order valence-corrected chi connectivity index (χ4v) is 4.29. The van der Waals surface area contributed by atoms with Gasteiger partial charge in [0.2, 0.25) is 10.0 Å². The molecular weight excluding hydrogens is 498 g/mol. The molecule has 0 bridgehead atoms. The van der Waals surface area contributed by atoms with E-state index in [4.69, 9.17) is 26.2 Å². The van der Waals surface area contributed by atoms with Crippen LogP contribution < -0.4 is 25.2 Å². The van der Waals surface area contributed by atoms with E-state index in [-0.39, 0.29) is 35.2 Å². The number of benzene rings is 2. The Morgan fingerprint density at radius 3 is 2.46 bits per heavy atom. The number of halogens is 1. The number of aliphatic hydroxyl groups excluding tert-OH is 1. The van der Waals surface area contributed by atoms with Crippen molar-refractivity contribution in [2.45, 2.75) is 38.7 Å². The molecule has 0 saturated heterocycles. The fourth-order valence-electron chi connectivity index (χ4n) is 3.21. The lowest BCUT2D eigenvalue weighted by atomic mass is 10.0. The van der Waals surface area contributed by atoms with Crippen LogP contribution >= 0.6 is 11.6 Å². The van der Waals surface area contributed by atoms with Crippen LogP contribution in [0, 0.1) is 20.8 Å². The molecule has 0 spiro atoms. The van der Waals surface area contributed by atoms with E-state index in [1.807, 2.05) is 20.8 Å². The molecule has 192 valence electrons. The minimum absolute atomic E-state index is 0.0348. The highest BCUT2D eigenvalue weighted by Gasteiger charge is 2.17. The molecule has 10 nitrogen and oxygen atoms in total. The number of carbonyl (C=O) groups excluding carboxylic acids is 2. The first-order valence-corrected chi connectivity index (χ1v) is 12.6. The van der Waals surface area contributed by atoms with Crippen molar-refractivity contribution in [2.24, 2.45) is 5.14 Å². The number of esters is 1. The second kappa shape index (κ2) is 12.3. The number of nitrogens with one attached hydrogen (secondary N) is 2. The Balaban J connectivity index is 1.79. The van der Waals surface area contributed by atoms with Crippen molar-refractivity contribution in [3.8, 4) is 11.5 Å². The van der Waals surface area contributed by atoms with E-state index in [9.17, 15) is 23.1 Å². The zero-order valence-electron chi connectivity index (χ0n) is 20.0. The molecule has 0 aliphatic rings. The second-order valence-corrected chi connectivity index (χ2v) is 9.92. The third-order valence-electron chi connectivity index (χ3n) is 5.12. The third-order valence-corrected chi connectivity index (χ3v) is 6.52. The number of amides is 1. The molecule has 0 fully saturated rings. The molecule has 1 amide bonds. The standard InChI is InChI=1S/C23H30ClN3O7S/c1-13-9-20(14(2)15(3)22(13)34-16(4)28)33-12-18(29)11-26-7-8-27-23(30)17-5-6-19(24)21(10-17)35(25,31)32/h5-6,9-10,18,26,29H,7-8,11-12H2,1-4H3,(H,27,30)(H2,25,31,32). The average Bonchev–Trinajstić information content (AvgIpc) is 2.77. The van der Waals surface area contributed by atoms with E-state index in [0.717, 1.165) is 22.8 Å². The maximum atomic E-state index is 12.2. The minimum Gasteiger partial charge on any atom is -0.491 e. The van der Waals surface area contributed by atoms with Gasteiger partial charge in [0.1, 0.15) is 29.1 Å². The molecule has 5 N–H and O–H groups in total. The average molecular weight is 528 g/mol. The van der Waals surface area contributed by atoms with Crippen LogP contribution in [0.4, 0.5) is 0 Å². The maximum Gasteiger partial charge on any atom is 0.308 e.